The van der Waals surface area contributed by atoms with E-state index in [-0.39, 0.29) is 18.1 Å². The van der Waals surface area contributed by atoms with Gasteiger partial charge in [-0.1, -0.05) is 18.2 Å². The summed E-state index contributed by atoms with van der Waals surface area (Å²) < 4.78 is 13.3. The van der Waals surface area contributed by atoms with Gasteiger partial charge >= 0.3 is 0 Å². The fourth-order valence-corrected chi connectivity index (χ4v) is 1.50. The molecule has 0 unspecified atom stereocenters. The third-order valence-corrected chi connectivity index (χ3v) is 2.38. The number of aromatic nitrogens is 1. The highest BCUT2D eigenvalue weighted by atomic mass is 19.1. The van der Waals surface area contributed by atoms with Gasteiger partial charge in [-0.15, -0.1) is 0 Å². The minimum absolute atomic E-state index is 0.0168. The van der Waals surface area contributed by atoms with Crippen LogP contribution in [0, 0.1) is 5.82 Å². The predicted octanol–water partition coefficient (Wildman–Crippen LogP) is 1.98. The zero-order valence-electron chi connectivity index (χ0n) is 9.56. The first kappa shape index (κ1) is 12.0. The minimum atomic E-state index is -0.386. The quantitative estimate of drug-likeness (QED) is 0.868. The molecule has 0 aliphatic heterocycles. The molecule has 92 valence electrons. The fourth-order valence-electron chi connectivity index (χ4n) is 1.50. The first-order valence-electron chi connectivity index (χ1n) is 5.40. The van der Waals surface area contributed by atoms with Crippen LogP contribution in [0.1, 0.15) is 5.56 Å². The van der Waals surface area contributed by atoms with Gasteiger partial charge in [0.2, 0.25) is 5.91 Å². The van der Waals surface area contributed by atoms with Crippen LogP contribution in [0.3, 0.4) is 0 Å². The van der Waals surface area contributed by atoms with E-state index in [1.165, 1.54) is 12.3 Å². The molecule has 1 aromatic heterocycles. The molecule has 1 heterocycles. The molecule has 0 aliphatic carbocycles. The van der Waals surface area contributed by atoms with E-state index in [1.54, 1.807) is 30.3 Å². The lowest BCUT2D eigenvalue weighted by molar-refractivity contribution is -0.115. The van der Waals surface area contributed by atoms with E-state index in [2.05, 4.69) is 10.3 Å². The van der Waals surface area contributed by atoms with Crippen molar-refractivity contribution in [3.05, 3.63) is 54.0 Å². The molecule has 0 saturated heterocycles. The number of nitrogen functional groups attached to an aromatic ring is 1. The summed E-state index contributed by atoms with van der Waals surface area (Å²) in [6.45, 7) is 0. The van der Waals surface area contributed by atoms with Crippen molar-refractivity contribution in [1.29, 1.82) is 0 Å². The lowest BCUT2D eigenvalue weighted by atomic mass is 10.1. The summed E-state index contributed by atoms with van der Waals surface area (Å²) in [4.78, 5) is 15.5. The normalized spacial score (nSPS) is 10.1. The van der Waals surface area contributed by atoms with Crippen molar-refractivity contribution in [2.75, 3.05) is 11.1 Å². The number of nitrogens with zero attached hydrogens (tertiary/aromatic N) is 1. The Labute approximate surface area is 104 Å². The topological polar surface area (TPSA) is 68.0 Å². The molecule has 2 aromatic rings. The summed E-state index contributed by atoms with van der Waals surface area (Å²) in [6, 6.07) is 9.40. The maximum Gasteiger partial charge on any atom is 0.228 e. The van der Waals surface area contributed by atoms with Gasteiger partial charge in [0.1, 0.15) is 11.6 Å². The zero-order valence-corrected chi connectivity index (χ0v) is 9.56. The number of carbonyl (C=O) groups is 1. The number of nitrogens with one attached hydrogen (secondary N) is 1. The number of anilines is 2. The van der Waals surface area contributed by atoms with E-state index >= 15 is 0 Å². The molecule has 3 N–H and O–H groups in total. The number of nitrogens with two attached hydrogens (primary N) is 1. The minimum Gasteiger partial charge on any atom is -0.384 e. The van der Waals surface area contributed by atoms with Crippen LogP contribution in [-0.4, -0.2) is 10.9 Å². The molecule has 1 aromatic carbocycles. The highest BCUT2D eigenvalue weighted by Crippen LogP contribution is 2.10. The van der Waals surface area contributed by atoms with Gasteiger partial charge in [-0.2, -0.15) is 0 Å². The van der Waals surface area contributed by atoms with Gasteiger partial charge in [0.15, 0.2) is 0 Å². The summed E-state index contributed by atoms with van der Waals surface area (Å²) in [6.07, 6.45) is 1.44. The largest absolute Gasteiger partial charge is 0.384 e. The Morgan fingerprint density at radius 1 is 1.28 bits per heavy atom. The third kappa shape index (κ3) is 3.04. The first-order chi connectivity index (χ1) is 8.65. The number of hydrogen-bond donors (Lipinski definition) is 2. The van der Waals surface area contributed by atoms with Gasteiger partial charge in [-0.05, 0) is 23.8 Å². The Morgan fingerprint density at radius 2 is 2.06 bits per heavy atom. The van der Waals surface area contributed by atoms with Crippen LogP contribution in [0.25, 0.3) is 0 Å². The number of benzene rings is 1. The predicted molar refractivity (Wildman–Crippen MR) is 67.4 cm³/mol. The molecule has 0 bridgehead atoms. The number of halogens is 1. The number of carbonyl (C=O) groups excluding carboxylic acids is 1. The summed E-state index contributed by atoms with van der Waals surface area (Å²) in [5.74, 6) is -0.308. The van der Waals surface area contributed by atoms with Gasteiger partial charge in [-0.25, -0.2) is 9.37 Å². The molecule has 0 spiro atoms. The molecule has 0 aliphatic rings. The second-order valence-corrected chi connectivity index (χ2v) is 3.79. The molecule has 4 nitrogen and oxygen atoms in total. The molecule has 2 rings (SSSR count). The summed E-state index contributed by atoms with van der Waals surface area (Å²) in [5, 5.41) is 2.62. The highest BCUT2D eigenvalue weighted by Gasteiger charge is 2.07. The van der Waals surface area contributed by atoms with Crippen molar-refractivity contribution in [1.82, 2.24) is 4.98 Å². The Morgan fingerprint density at radius 3 is 2.72 bits per heavy atom. The monoisotopic (exact) mass is 245 g/mol. The van der Waals surface area contributed by atoms with E-state index < -0.39 is 0 Å². The van der Waals surface area contributed by atoms with Crippen molar-refractivity contribution in [3.63, 3.8) is 0 Å². The van der Waals surface area contributed by atoms with E-state index in [4.69, 9.17) is 5.73 Å². The molecule has 0 radical (unpaired) electrons. The van der Waals surface area contributed by atoms with Crippen molar-refractivity contribution in [3.8, 4) is 0 Å². The lowest BCUT2D eigenvalue weighted by Crippen LogP contribution is -2.15. The van der Waals surface area contributed by atoms with Crippen LogP contribution in [0.15, 0.2) is 42.6 Å². The smallest absolute Gasteiger partial charge is 0.228 e. The Kier molecular flexibility index (Phi) is 3.52. The van der Waals surface area contributed by atoms with Crippen molar-refractivity contribution >= 4 is 17.4 Å². The second-order valence-electron chi connectivity index (χ2n) is 3.79. The Bertz CT molecular complexity index is 554. The maximum atomic E-state index is 13.3. The SMILES string of the molecule is Nc1ccc(NC(=O)Cc2ccccc2F)cn1. The van der Waals surface area contributed by atoms with Crippen molar-refractivity contribution in [2.24, 2.45) is 0 Å². The number of hydrogen-bond acceptors (Lipinski definition) is 3. The number of amides is 1. The van der Waals surface area contributed by atoms with E-state index in [0.29, 0.717) is 17.1 Å². The summed E-state index contributed by atoms with van der Waals surface area (Å²) in [5.41, 5.74) is 6.32. The third-order valence-electron chi connectivity index (χ3n) is 2.38. The lowest BCUT2D eigenvalue weighted by Gasteiger charge is -2.05. The molecule has 1 amide bonds. The summed E-state index contributed by atoms with van der Waals surface area (Å²) in [7, 11) is 0. The Balaban J connectivity index is 2.01. The highest BCUT2D eigenvalue weighted by molar-refractivity contribution is 5.92. The van der Waals surface area contributed by atoms with Crippen LogP contribution < -0.4 is 11.1 Å². The molecule has 0 atom stereocenters. The van der Waals surface area contributed by atoms with Gasteiger partial charge < -0.3 is 11.1 Å². The summed E-state index contributed by atoms with van der Waals surface area (Å²) >= 11 is 0. The van der Waals surface area contributed by atoms with Crippen LogP contribution in [-0.2, 0) is 11.2 Å². The van der Waals surface area contributed by atoms with Crippen LogP contribution in [0.2, 0.25) is 0 Å². The van der Waals surface area contributed by atoms with Crippen molar-refractivity contribution in [2.45, 2.75) is 6.42 Å². The van der Waals surface area contributed by atoms with E-state index in [0.717, 1.165) is 0 Å². The molecule has 0 saturated carbocycles. The van der Waals surface area contributed by atoms with Crippen LogP contribution in [0.4, 0.5) is 15.9 Å². The average Bonchev–Trinajstić information content (AvgIpc) is 2.35. The fraction of sp³-hybridized carbons (Fsp3) is 0.0769. The van der Waals surface area contributed by atoms with Gasteiger partial charge in [-0.3, -0.25) is 4.79 Å². The molecule has 0 fully saturated rings. The molecular formula is C13H12FN3O. The Hall–Kier alpha value is -2.43. The average molecular weight is 245 g/mol. The van der Waals surface area contributed by atoms with Gasteiger partial charge in [0, 0.05) is 0 Å². The van der Waals surface area contributed by atoms with Crippen LogP contribution >= 0.6 is 0 Å². The van der Waals surface area contributed by atoms with Gasteiger partial charge in [0.25, 0.3) is 0 Å². The molecular weight excluding hydrogens is 233 g/mol. The van der Waals surface area contributed by atoms with E-state index in [1.807, 2.05) is 0 Å². The van der Waals surface area contributed by atoms with Crippen molar-refractivity contribution < 1.29 is 9.18 Å². The first-order valence-corrected chi connectivity index (χ1v) is 5.40. The maximum absolute atomic E-state index is 13.3. The molecule has 5 heteroatoms. The number of pyridine rings is 1. The molecule has 18 heavy (non-hydrogen) atoms. The zero-order chi connectivity index (χ0) is 13.0. The standard InChI is InChI=1S/C13H12FN3O/c14-11-4-2-1-3-9(11)7-13(18)17-10-5-6-12(15)16-8-10/h1-6,8H,7H2,(H2,15,16)(H,17,18). The number of rotatable bonds is 3. The van der Waals surface area contributed by atoms with Crippen LogP contribution in [0.5, 0.6) is 0 Å². The van der Waals surface area contributed by atoms with E-state index in [9.17, 15) is 9.18 Å². The second kappa shape index (κ2) is 5.27. The van der Waals surface area contributed by atoms with Gasteiger partial charge in [0.05, 0.1) is 18.3 Å².